The van der Waals surface area contributed by atoms with E-state index in [9.17, 15) is 4.79 Å². The second-order valence-electron chi connectivity index (χ2n) is 3.77. The highest BCUT2D eigenvalue weighted by molar-refractivity contribution is 5.71. The molecular formula is C11H18N2O2. The van der Waals surface area contributed by atoms with Crippen LogP contribution in [-0.4, -0.2) is 36.6 Å². The van der Waals surface area contributed by atoms with E-state index in [2.05, 4.69) is 11.0 Å². The quantitative estimate of drug-likeness (QED) is 0.469. The number of unbranched alkanes of at least 4 members (excludes halogenated alkanes) is 1. The molecule has 1 aliphatic carbocycles. The van der Waals surface area contributed by atoms with Crippen molar-refractivity contribution >= 4 is 5.97 Å². The molecule has 0 atom stereocenters. The highest BCUT2D eigenvalue weighted by Gasteiger charge is 2.29. The third-order valence-electron chi connectivity index (χ3n) is 2.43. The van der Waals surface area contributed by atoms with Crippen molar-refractivity contribution < 1.29 is 9.53 Å². The van der Waals surface area contributed by atoms with Crippen LogP contribution in [0.25, 0.3) is 0 Å². The summed E-state index contributed by atoms with van der Waals surface area (Å²) in [5.41, 5.74) is 0. The lowest BCUT2D eigenvalue weighted by Crippen LogP contribution is -2.33. The Bertz CT molecular complexity index is 243. The van der Waals surface area contributed by atoms with E-state index in [4.69, 9.17) is 10.00 Å². The fourth-order valence-electron chi connectivity index (χ4n) is 1.56. The van der Waals surface area contributed by atoms with E-state index < -0.39 is 0 Å². The van der Waals surface area contributed by atoms with Crippen LogP contribution in [0, 0.1) is 11.3 Å². The highest BCUT2D eigenvalue weighted by Crippen LogP contribution is 2.26. The van der Waals surface area contributed by atoms with E-state index in [0.717, 1.165) is 13.0 Å². The number of carbonyl (C=O) groups is 1. The summed E-state index contributed by atoms with van der Waals surface area (Å²) in [6, 6.07) is 2.67. The molecule has 1 rings (SSSR count). The van der Waals surface area contributed by atoms with Gasteiger partial charge in [-0.15, -0.1) is 0 Å². The molecule has 1 aliphatic rings. The zero-order valence-corrected chi connectivity index (χ0v) is 9.24. The van der Waals surface area contributed by atoms with Crippen molar-refractivity contribution in [3.63, 3.8) is 0 Å². The predicted molar refractivity (Wildman–Crippen MR) is 56.1 cm³/mol. The van der Waals surface area contributed by atoms with Crippen molar-refractivity contribution in [2.45, 2.75) is 38.6 Å². The summed E-state index contributed by atoms with van der Waals surface area (Å²) < 4.78 is 4.91. The monoisotopic (exact) mass is 210 g/mol. The van der Waals surface area contributed by atoms with Gasteiger partial charge in [0.25, 0.3) is 0 Å². The molecule has 0 N–H and O–H groups in total. The summed E-state index contributed by atoms with van der Waals surface area (Å²) in [5, 5.41) is 8.44. The Hall–Kier alpha value is -1.08. The summed E-state index contributed by atoms with van der Waals surface area (Å²) in [6.45, 7) is 3.46. The molecule has 1 fully saturated rings. The molecule has 0 bridgehead atoms. The van der Waals surface area contributed by atoms with Crippen LogP contribution in [0.15, 0.2) is 0 Å². The van der Waals surface area contributed by atoms with E-state index in [-0.39, 0.29) is 5.97 Å². The lowest BCUT2D eigenvalue weighted by atomic mass is 10.3. The molecule has 1 saturated carbocycles. The van der Waals surface area contributed by atoms with Gasteiger partial charge in [-0.1, -0.05) is 0 Å². The summed E-state index contributed by atoms with van der Waals surface area (Å²) in [5.74, 6) is -0.152. The second kappa shape index (κ2) is 6.41. The molecular weight excluding hydrogens is 192 g/mol. The van der Waals surface area contributed by atoms with Crippen LogP contribution >= 0.6 is 0 Å². The van der Waals surface area contributed by atoms with Crippen molar-refractivity contribution in [3.8, 4) is 6.07 Å². The van der Waals surface area contributed by atoms with Crippen molar-refractivity contribution in [2.24, 2.45) is 0 Å². The standard InChI is InChI=1S/C11H18N2O2/c1-2-15-11(14)9-13(10-5-6-10)8-4-3-7-12/h10H,2-6,8-9H2,1H3. The first-order valence-electron chi connectivity index (χ1n) is 5.54. The largest absolute Gasteiger partial charge is 0.465 e. The molecule has 0 spiro atoms. The number of esters is 1. The minimum Gasteiger partial charge on any atom is -0.465 e. The van der Waals surface area contributed by atoms with Crippen LogP contribution in [0.5, 0.6) is 0 Å². The van der Waals surface area contributed by atoms with Gasteiger partial charge >= 0.3 is 5.97 Å². The fourth-order valence-corrected chi connectivity index (χ4v) is 1.56. The Kier molecular flexibility index (Phi) is 5.13. The molecule has 0 aliphatic heterocycles. The average molecular weight is 210 g/mol. The number of nitriles is 1. The topological polar surface area (TPSA) is 53.3 Å². The number of hydrogen-bond acceptors (Lipinski definition) is 4. The Morgan fingerprint density at radius 2 is 2.33 bits per heavy atom. The van der Waals surface area contributed by atoms with Gasteiger partial charge in [0, 0.05) is 19.0 Å². The molecule has 84 valence electrons. The van der Waals surface area contributed by atoms with Gasteiger partial charge in [0.2, 0.25) is 0 Å². The third kappa shape index (κ3) is 4.80. The van der Waals surface area contributed by atoms with Crippen LogP contribution in [0.3, 0.4) is 0 Å². The Balaban J connectivity index is 2.24. The number of nitrogens with zero attached hydrogens (tertiary/aromatic N) is 2. The van der Waals surface area contributed by atoms with Gasteiger partial charge < -0.3 is 4.74 Å². The number of carbonyl (C=O) groups excluding carboxylic acids is 1. The van der Waals surface area contributed by atoms with Crippen molar-refractivity contribution in [1.82, 2.24) is 4.90 Å². The van der Waals surface area contributed by atoms with E-state index in [0.29, 0.717) is 25.6 Å². The van der Waals surface area contributed by atoms with Gasteiger partial charge in [-0.05, 0) is 26.2 Å². The number of rotatable bonds is 7. The SMILES string of the molecule is CCOC(=O)CN(CCCC#N)C1CC1. The fraction of sp³-hybridized carbons (Fsp3) is 0.818. The lowest BCUT2D eigenvalue weighted by Gasteiger charge is -2.19. The first kappa shape index (κ1) is 12.0. The predicted octanol–water partition coefficient (Wildman–Crippen LogP) is 1.32. The Morgan fingerprint density at radius 1 is 1.60 bits per heavy atom. The minimum absolute atomic E-state index is 0.152. The van der Waals surface area contributed by atoms with E-state index in [1.165, 1.54) is 12.8 Å². The average Bonchev–Trinajstić information content (AvgIpc) is 3.00. The molecule has 0 saturated heterocycles. The molecule has 4 nitrogen and oxygen atoms in total. The summed E-state index contributed by atoms with van der Waals surface area (Å²) >= 11 is 0. The molecule has 0 amide bonds. The molecule has 15 heavy (non-hydrogen) atoms. The van der Waals surface area contributed by atoms with Gasteiger partial charge in [0.05, 0.1) is 19.2 Å². The molecule has 0 aromatic carbocycles. The second-order valence-corrected chi connectivity index (χ2v) is 3.77. The Labute approximate surface area is 90.8 Å². The molecule has 0 unspecified atom stereocenters. The zero-order chi connectivity index (χ0) is 11.1. The van der Waals surface area contributed by atoms with Crippen LogP contribution in [0.4, 0.5) is 0 Å². The van der Waals surface area contributed by atoms with Gasteiger partial charge in [0.15, 0.2) is 0 Å². The van der Waals surface area contributed by atoms with E-state index in [1.807, 2.05) is 6.92 Å². The van der Waals surface area contributed by atoms with Gasteiger partial charge in [-0.3, -0.25) is 9.69 Å². The van der Waals surface area contributed by atoms with Gasteiger partial charge in [-0.25, -0.2) is 0 Å². The summed E-state index contributed by atoms with van der Waals surface area (Å²) in [6.07, 6.45) is 3.75. The molecule has 0 radical (unpaired) electrons. The first-order chi connectivity index (χ1) is 7.27. The van der Waals surface area contributed by atoms with Crippen molar-refractivity contribution in [2.75, 3.05) is 19.7 Å². The van der Waals surface area contributed by atoms with E-state index >= 15 is 0 Å². The third-order valence-corrected chi connectivity index (χ3v) is 2.43. The van der Waals surface area contributed by atoms with Crippen LogP contribution in [0.2, 0.25) is 0 Å². The maximum atomic E-state index is 11.3. The molecule has 4 heteroatoms. The minimum atomic E-state index is -0.152. The number of ether oxygens (including phenoxy) is 1. The van der Waals surface area contributed by atoms with Gasteiger partial charge in [0.1, 0.15) is 0 Å². The first-order valence-corrected chi connectivity index (χ1v) is 5.54. The van der Waals surface area contributed by atoms with Crippen LogP contribution < -0.4 is 0 Å². The maximum Gasteiger partial charge on any atom is 0.320 e. The van der Waals surface area contributed by atoms with Crippen molar-refractivity contribution in [3.05, 3.63) is 0 Å². The Morgan fingerprint density at radius 3 is 2.87 bits per heavy atom. The smallest absolute Gasteiger partial charge is 0.320 e. The maximum absolute atomic E-state index is 11.3. The summed E-state index contributed by atoms with van der Waals surface area (Å²) in [4.78, 5) is 13.4. The highest BCUT2D eigenvalue weighted by atomic mass is 16.5. The number of hydrogen-bond donors (Lipinski definition) is 0. The molecule has 0 heterocycles. The molecule has 0 aromatic rings. The normalized spacial score (nSPS) is 15.0. The van der Waals surface area contributed by atoms with Crippen molar-refractivity contribution in [1.29, 1.82) is 5.26 Å². The molecule has 0 aromatic heterocycles. The lowest BCUT2D eigenvalue weighted by molar-refractivity contribution is -0.144. The van der Waals surface area contributed by atoms with Crippen LogP contribution in [0.1, 0.15) is 32.6 Å². The van der Waals surface area contributed by atoms with E-state index in [1.54, 1.807) is 0 Å². The zero-order valence-electron chi connectivity index (χ0n) is 9.24. The van der Waals surface area contributed by atoms with Gasteiger partial charge in [-0.2, -0.15) is 5.26 Å². The summed E-state index contributed by atoms with van der Waals surface area (Å²) in [7, 11) is 0. The van der Waals surface area contributed by atoms with Crippen LogP contribution in [-0.2, 0) is 9.53 Å².